The first kappa shape index (κ1) is 20.2. The largest absolute Gasteiger partial charge is 0.341 e. The lowest BCUT2D eigenvalue weighted by Gasteiger charge is -2.30. The Morgan fingerprint density at radius 1 is 0.793 bits per heavy atom. The zero-order valence-electron chi connectivity index (χ0n) is 16.3. The molecule has 2 aliphatic rings. The van der Waals surface area contributed by atoms with Crippen molar-refractivity contribution in [2.45, 2.75) is 38.5 Å². The quantitative estimate of drug-likeness (QED) is 0.548. The maximum absolute atomic E-state index is 6.21. The molecule has 0 saturated carbocycles. The highest BCUT2D eigenvalue weighted by Gasteiger charge is 2.20. The molecule has 9 heteroatoms. The van der Waals surface area contributed by atoms with Gasteiger partial charge in [-0.2, -0.15) is 20.1 Å². The molecule has 0 spiro atoms. The third-order valence-electron chi connectivity index (χ3n) is 5.25. The number of benzene rings is 1. The Morgan fingerprint density at radius 3 is 1.83 bits per heavy atom. The van der Waals surface area contributed by atoms with Crippen molar-refractivity contribution in [3.8, 4) is 0 Å². The molecule has 1 aromatic carbocycles. The number of hydrogen-bond acceptors (Lipinski definition) is 7. The van der Waals surface area contributed by atoms with Crippen molar-refractivity contribution in [1.29, 1.82) is 0 Å². The number of anilines is 3. The minimum Gasteiger partial charge on any atom is -0.341 e. The second-order valence-corrected chi connectivity index (χ2v) is 8.17. The molecule has 7 nitrogen and oxygen atoms in total. The SMILES string of the molecule is Clc1cccc(Cl)c1C=NNc1nc(N2CCCCC2)nc(N2CCCCC2)n1. The van der Waals surface area contributed by atoms with E-state index >= 15 is 0 Å². The summed E-state index contributed by atoms with van der Waals surface area (Å²) in [5, 5.41) is 5.36. The van der Waals surface area contributed by atoms with Crippen molar-refractivity contribution in [2.24, 2.45) is 5.10 Å². The highest BCUT2D eigenvalue weighted by atomic mass is 35.5. The molecule has 0 radical (unpaired) electrons. The molecule has 0 atom stereocenters. The van der Waals surface area contributed by atoms with Crippen LogP contribution < -0.4 is 15.2 Å². The van der Waals surface area contributed by atoms with Gasteiger partial charge >= 0.3 is 0 Å². The molecule has 2 aromatic rings. The van der Waals surface area contributed by atoms with Crippen molar-refractivity contribution in [1.82, 2.24) is 15.0 Å². The van der Waals surface area contributed by atoms with Gasteiger partial charge in [-0.05, 0) is 50.7 Å². The predicted molar refractivity (Wildman–Crippen MR) is 120 cm³/mol. The number of rotatable bonds is 5. The monoisotopic (exact) mass is 433 g/mol. The van der Waals surface area contributed by atoms with Crippen molar-refractivity contribution in [2.75, 3.05) is 41.4 Å². The maximum atomic E-state index is 6.21. The van der Waals surface area contributed by atoms with Crippen molar-refractivity contribution in [3.63, 3.8) is 0 Å². The highest BCUT2D eigenvalue weighted by molar-refractivity contribution is 6.38. The fourth-order valence-corrected chi connectivity index (χ4v) is 4.16. The predicted octanol–water partition coefficient (Wildman–Crippen LogP) is 4.61. The maximum Gasteiger partial charge on any atom is 0.250 e. The van der Waals surface area contributed by atoms with Gasteiger partial charge in [0, 0.05) is 31.7 Å². The molecule has 1 aromatic heterocycles. The normalized spacial score (nSPS) is 17.7. The van der Waals surface area contributed by atoms with Crippen LogP contribution in [-0.4, -0.2) is 47.3 Å². The number of nitrogens with one attached hydrogen (secondary N) is 1. The van der Waals surface area contributed by atoms with E-state index in [-0.39, 0.29) is 0 Å². The van der Waals surface area contributed by atoms with Crippen molar-refractivity contribution >= 4 is 47.3 Å². The molecule has 1 N–H and O–H groups in total. The summed E-state index contributed by atoms with van der Waals surface area (Å²) in [6.07, 6.45) is 8.76. The number of hydrogen-bond donors (Lipinski definition) is 1. The van der Waals surface area contributed by atoms with Crippen LogP contribution in [0, 0.1) is 0 Å². The van der Waals surface area contributed by atoms with E-state index in [1.54, 1.807) is 24.4 Å². The summed E-state index contributed by atoms with van der Waals surface area (Å²) < 4.78 is 0. The van der Waals surface area contributed by atoms with Crippen LogP contribution in [0.25, 0.3) is 0 Å². The van der Waals surface area contributed by atoms with Gasteiger partial charge in [-0.25, -0.2) is 5.43 Å². The molecule has 0 bridgehead atoms. The number of aromatic nitrogens is 3. The number of nitrogens with zero attached hydrogens (tertiary/aromatic N) is 6. The van der Waals surface area contributed by atoms with Crippen LogP contribution in [0.1, 0.15) is 44.1 Å². The van der Waals surface area contributed by atoms with E-state index in [1.807, 2.05) is 0 Å². The van der Waals surface area contributed by atoms with Crippen LogP contribution in [-0.2, 0) is 0 Å². The zero-order chi connectivity index (χ0) is 20.1. The number of piperidine rings is 2. The van der Waals surface area contributed by atoms with Gasteiger partial charge in [0.05, 0.1) is 16.3 Å². The minimum atomic E-state index is 0.431. The molecule has 2 saturated heterocycles. The summed E-state index contributed by atoms with van der Waals surface area (Å²) in [6, 6.07) is 5.36. The lowest BCUT2D eigenvalue weighted by Crippen LogP contribution is -2.34. The Balaban J connectivity index is 1.58. The molecule has 0 aliphatic carbocycles. The summed E-state index contributed by atoms with van der Waals surface area (Å²) in [5.41, 5.74) is 3.60. The van der Waals surface area contributed by atoms with E-state index in [0.717, 1.165) is 51.9 Å². The van der Waals surface area contributed by atoms with Crippen molar-refractivity contribution < 1.29 is 0 Å². The lowest BCUT2D eigenvalue weighted by molar-refractivity contribution is 0.556. The Kier molecular flexibility index (Phi) is 6.67. The van der Waals surface area contributed by atoms with Crippen molar-refractivity contribution in [3.05, 3.63) is 33.8 Å². The standard InChI is InChI=1S/C20H25Cl2N7/c21-16-8-7-9-17(22)15(16)14-23-27-18-24-19(28-10-3-1-4-11-28)26-20(25-18)29-12-5-2-6-13-29/h7-9,14H,1-6,10-13H2,(H,24,25,26,27). The Bertz CT molecular complexity index is 805. The molecule has 3 heterocycles. The zero-order valence-corrected chi connectivity index (χ0v) is 17.8. The van der Waals surface area contributed by atoms with Gasteiger partial charge in [0.15, 0.2) is 0 Å². The molecule has 0 amide bonds. The van der Waals surface area contributed by atoms with Crippen LogP contribution in [0.5, 0.6) is 0 Å². The highest BCUT2D eigenvalue weighted by Crippen LogP contribution is 2.24. The van der Waals surface area contributed by atoms with E-state index < -0.39 is 0 Å². The van der Waals surface area contributed by atoms with E-state index in [1.165, 1.54) is 12.8 Å². The van der Waals surface area contributed by atoms with Gasteiger partial charge in [-0.1, -0.05) is 29.3 Å². The first-order chi connectivity index (χ1) is 14.2. The minimum absolute atomic E-state index is 0.431. The van der Waals surface area contributed by atoms with E-state index in [2.05, 4.69) is 30.3 Å². The number of halogens is 2. The average Bonchev–Trinajstić information content (AvgIpc) is 2.77. The molecule has 4 rings (SSSR count). The Morgan fingerprint density at radius 2 is 1.31 bits per heavy atom. The first-order valence-corrected chi connectivity index (χ1v) is 11.0. The molecule has 154 valence electrons. The van der Waals surface area contributed by atoms with Crippen LogP contribution in [0.2, 0.25) is 10.0 Å². The van der Waals surface area contributed by atoms with Crippen LogP contribution in [0.3, 0.4) is 0 Å². The van der Waals surface area contributed by atoms with Crippen LogP contribution in [0.15, 0.2) is 23.3 Å². The molecule has 2 fully saturated rings. The van der Waals surface area contributed by atoms with Gasteiger partial charge in [-0.3, -0.25) is 0 Å². The van der Waals surface area contributed by atoms with Gasteiger partial charge in [0.25, 0.3) is 0 Å². The third-order valence-corrected chi connectivity index (χ3v) is 5.91. The molecule has 29 heavy (non-hydrogen) atoms. The van der Waals surface area contributed by atoms with Crippen LogP contribution in [0.4, 0.5) is 17.8 Å². The summed E-state index contributed by atoms with van der Waals surface area (Å²) in [7, 11) is 0. The summed E-state index contributed by atoms with van der Waals surface area (Å²) in [6.45, 7) is 3.89. The second kappa shape index (κ2) is 9.59. The van der Waals surface area contributed by atoms with Gasteiger partial charge in [0.2, 0.25) is 17.8 Å². The summed E-state index contributed by atoms with van der Waals surface area (Å²) in [4.78, 5) is 18.5. The molecular formula is C20H25Cl2N7. The topological polar surface area (TPSA) is 69.5 Å². The van der Waals surface area contributed by atoms with Gasteiger partial charge in [-0.15, -0.1) is 0 Å². The average molecular weight is 434 g/mol. The second-order valence-electron chi connectivity index (χ2n) is 7.36. The van der Waals surface area contributed by atoms with Gasteiger partial charge < -0.3 is 9.80 Å². The number of hydrazone groups is 1. The molecular weight excluding hydrogens is 409 g/mol. The first-order valence-electron chi connectivity index (χ1n) is 10.2. The summed E-state index contributed by atoms with van der Waals surface area (Å²) in [5.74, 6) is 1.86. The van der Waals surface area contributed by atoms with E-state index in [9.17, 15) is 0 Å². The molecule has 2 aliphatic heterocycles. The van der Waals surface area contributed by atoms with E-state index in [0.29, 0.717) is 33.5 Å². The van der Waals surface area contributed by atoms with Crippen LogP contribution >= 0.6 is 23.2 Å². The molecule has 0 unspecified atom stereocenters. The van der Waals surface area contributed by atoms with E-state index in [4.69, 9.17) is 28.2 Å². The fraction of sp³-hybridized carbons (Fsp3) is 0.500. The smallest absolute Gasteiger partial charge is 0.250 e. The Labute approximate surface area is 181 Å². The van der Waals surface area contributed by atoms with Gasteiger partial charge in [0.1, 0.15) is 0 Å². The lowest BCUT2D eigenvalue weighted by atomic mass is 10.1. The fourth-order valence-electron chi connectivity index (χ4n) is 3.66. The Hall–Kier alpha value is -2.12. The third kappa shape index (κ3) is 5.08. The summed E-state index contributed by atoms with van der Waals surface area (Å²) >= 11 is 12.4.